The van der Waals surface area contributed by atoms with Crippen LogP contribution in [0, 0.1) is 52.5 Å². The number of carbonyl (C=O) groups is 4. The molecule has 0 radical (unpaired) electrons. The molecule has 2 heterocycles. The number of halogens is 2. The number of nitro groups is 3. The van der Waals surface area contributed by atoms with E-state index in [-0.39, 0.29) is 92.0 Å². The predicted molar refractivity (Wildman–Crippen MR) is 301 cm³/mol. The Labute approximate surface area is 469 Å². The van der Waals surface area contributed by atoms with Crippen LogP contribution in [0.5, 0.6) is 0 Å². The van der Waals surface area contributed by atoms with Crippen molar-refractivity contribution < 1.29 is 52.1 Å². The van der Waals surface area contributed by atoms with E-state index in [0.29, 0.717) is 17.1 Å². The quantitative estimate of drug-likeness (QED) is 0.0401. The van der Waals surface area contributed by atoms with Gasteiger partial charge in [-0.05, 0) is 52.8 Å². The molecule has 414 valence electrons. The number of nitro benzene ring substituents is 3. The molecule has 0 spiro atoms. The number of ketones is 3. The number of nitriles is 1. The second kappa shape index (κ2) is 31.8. The monoisotopic (exact) mass is 1130 g/mol. The number of anilines is 1. The minimum atomic E-state index is -0.817. The van der Waals surface area contributed by atoms with Gasteiger partial charge in [-0.3, -0.25) is 49.5 Å². The number of thiazole rings is 2. The zero-order chi connectivity index (χ0) is 58.4. The fourth-order valence-electron chi connectivity index (χ4n) is 5.78. The summed E-state index contributed by atoms with van der Waals surface area (Å²) in [6.07, 6.45) is 3.86. The number of hydrogen-bond acceptors (Lipinski definition) is 16. The van der Waals surface area contributed by atoms with Crippen molar-refractivity contribution in [2.75, 3.05) is 12.3 Å². The maximum atomic E-state index is 11.9. The highest BCUT2D eigenvalue weighted by molar-refractivity contribution is 7.15. The zero-order valence-electron chi connectivity index (χ0n) is 45.6. The average molecular weight is 1140 g/mol. The van der Waals surface area contributed by atoms with Crippen LogP contribution in [-0.2, 0) is 20.4 Å². The number of nitrogen functional groups attached to an aromatic ring is 1. The van der Waals surface area contributed by atoms with E-state index >= 15 is 0 Å². The third kappa shape index (κ3) is 23.7. The molecule has 5 N–H and O–H groups in total. The van der Waals surface area contributed by atoms with Crippen molar-refractivity contribution in [2.45, 2.75) is 114 Å². The highest BCUT2D eigenvalue weighted by Crippen LogP contribution is 2.37. The average Bonchev–Trinajstić information content (AvgIpc) is 4.06. The summed E-state index contributed by atoms with van der Waals surface area (Å²) in [6.45, 7) is 25.8. The van der Waals surface area contributed by atoms with Gasteiger partial charge in [0.25, 0.3) is 22.3 Å². The number of hydrogen-bond donors (Lipinski definition) is 2. The van der Waals surface area contributed by atoms with E-state index in [1.54, 1.807) is 68.6 Å². The highest BCUT2D eigenvalue weighted by Gasteiger charge is 2.26. The van der Waals surface area contributed by atoms with Gasteiger partial charge >= 0.3 is 0 Å². The van der Waals surface area contributed by atoms with Gasteiger partial charge < -0.3 is 23.9 Å². The van der Waals surface area contributed by atoms with Gasteiger partial charge in [0.15, 0.2) is 11.6 Å². The Morgan fingerprint density at radius 2 is 0.948 bits per heavy atom. The lowest BCUT2D eigenvalue weighted by Crippen LogP contribution is -3.00. The van der Waals surface area contributed by atoms with E-state index in [2.05, 4.69) is 57.2 Å². The molecule has 0 aliphatic carbocycles. The van der Waals surface area contributed by atoms with Crippen molar-refractivity contribution in [3.05, 3.63) is 161 Å². The molecule has 4 aromatic carbocycles. The van der Waals surface area contributed by atoms with E-state index in [1.807, 2.05) is 51.2 Å². The SMILES string of the molecule is CC#N.CC(C)(C)C(=O)CCC(=O)c1ccccc1[N+](=O)[O-].CC(C)(C)C(=O)C[NH3+].CC(C)(C)c1cnc(-c2ccccc2N)s1.CC(C)(C)c1cnc(-c2ccccc2[N+](=O)[O-])s1.O=C(Cl)c1ccccc1[N+](=O)[O-].[Cl-]. The van der Waals surface area contributed by atoms with Gasteiger partial charge in [0.1, 0.15) is 27.9 Å². The number of quaternary nitrogens is 1. The Morgan fingerprint density at radius 3 is 1.29 bits per heavy atom. The number of rotatable bonds is 11. The summed E-state index contributed by atoms with van der Waals surface area (Å²) in [5.41, 5.74) is 10.9. The second-order valence-electron chi connectivity index (χ2n) is 20.5. The van der Waals surface area contributed by atoms with Gasteiger partial charge in [-0.2, -0.15) is 5.26 Å². The van der Waals surface area contributed by atoms with Crippen molar-refractivity contribution in [1.29, 1.82) is 5.26 Å². The molecule has 0 saturated heterocycles. The maximum absolute atomic E-state index is 11.9. The first-order valence-corrected chi connectivity index (χ1v) is 25.5. The molecule has 0 amide bonds. The van der Waals surface area contributed by atoms with Crippen LogP contribution < -0.4 is 23.9 Å². The lowest BCUT2D eigenvalue weighted by atomic mass is 9.87. The number of nitrogens with two attached hydrogens (primary N) is 1. The molecule has 6 rings (SSSR count). The number of para-hydroxylation sites is 4. The van der Waals surface area contributed by atoms with Crippen LogP contribution in [0.2, 0.25) is 0 Å². The minimum Gasteiger partial charge on any atom is -1.00 e. The zero-order valence-corrected chi connectivity index (χ0v) is 48.8. The molecule has 77 heavy (non-hydrogen) atoms. The van der Waals surface area contributed by atoms with Crippen molar-refractivity contribution in [3.63, 3.8) is 0 Å². The number of aromatic nitrogens is 2. The Kier molecular flexibility index (Phi) is 28.8. The molecule has 0 bridgehead atoms. The van der Waals surface area contributed by atoms with Gasteiger partial charge in [0, 0.05) is 82.2 Å². The molecule has 0 fully saturated rings. The van der Waals surface area contributed by atoms with E-state index in [1.165, 1.54) is 71.7 Å². The number of nitrogens with zero attached hydrogens (tertiary/aromatic N) is 6. The van der Waals surface area contributed by atoms with Crippen LogP contribution in [0.3, 0.4) is 0 Å². The van der Waals surface area contributed by atoms with Crippen LogP contribution in [0.15, 0.2) is 109 Å². The summed E-state index contributed by atoms with van der Waals surface area (Å²) in [7, 11) is 0. The summed E-state index contributed by atoms with van der Waals surface area (Å²) < 4.78 is 0. The molecule has 0 atom stereocenters. The van der Waals surface area contributed by atoms with Crippen molar-refractivity contribution in [3.8, 4) is 27.2 Å². The first kappa shape index (κ1) is 69.8. The van der Waals surface area contributed by atoms with Crippen LogP contribution in [0.1, 0.15) is 133 Å². The fraction of sp³-hybridized carbons (Fsp3) is 0.364. The van der Waals surface area contributed by atoms with E-state index in [0.717, 1.165) is 21.1 Å². The van der Waals surface area contributed by atoms with Gasteiger partial charge in [-0.1, -0.05) is 132 Å². The van der Waals surface area contributed by atoms with Gasteiger partial charge in [-0.15, -0.1) is 22.7 Å². The number of benzene rings is 4. The number of carbonyl (C=O) groups excluding carboxylic acids is 4. The van der Waals surface area contributed by atoms with Gasteiger partial charge in [-0.25, -0.2) is 9.97 Å². The third-order valence-corrected chi connectivity index (χ3v) is 13.3. The first-order chi connectivity index (χ1) is 35.1. The summed E-state index contributed by atoms with van der Waals surface area (Å²) in [5, 5.41) is 40.3. The van der Waals surface area contributed by atoms with E-state index in [9.17, 15) is 49.5 Å². The van der Waals surface area contributed by atoms with E-state index < -0.39 is 20.5 Å². The molecule has 0 unspecified atom stereocenters. The topological polar surface area (TPSA) is 301 Å². The molecule has 0 saturated carbocycles. The van der Waals surface area contributed by atoms with Crippen LogP contribution in [-0.4, -0.2) is 53.9 Å². The molecule has 0 aliphatic heterocycles. The highest BCUT2D eigenvalue weighted by atomic mass is 35.5. The van der Waals surface area contributed by atoms with Crippen LogP contribution in [0.4, 0.5) is 22.7 Å². The minimum absolute atomic E-state index is 0. The molecule has 18 nitrogen and oxygen atoms in total. The van der Waals surface area contributed by atoms with Gasteiger partial charge in [0.05, 0.1) is 32.0 Å². The fourth-order valence-corrected chi connectivity index (χ4v) is 7.96. The lowest BCUT2D eigenvalue weighted by Gasteiger charge is -2.15. The molecule has 6 aromatic rings. The normalized spacial score (nSPS) is 10.6. The largest absolute Gasteiger partial charge is 1.00 e. The van der Waals surface area contributed by atoms with Crippen LogP contribution in [0.25, 0.3) is 21.1 Å². The maximum Gasteiger partial charge on any atom is 0.281 e. The molecular formula is C55H68Cl2N8O10S2. The van der Waals surface area contributed by atoms with Crippen molar-refractivity contribution >= 4 is 79.6 Å². The molecule has 22 heteroatoms. The second-order valence-corrected chi connectivity index (χ2v) is 22.9. The molecular weight excluding hydrogens is 1070 g/mol. The summed E-state index contributed by atoms with van der Waals surface area (Å²) in [4.78, 5) is 86.8. The third-order valence-electron chi connectivity index (χ3n) is 10.2. The van der Waals surface area contributed by atoms with Gasteiger partial charge in [0.2, 0.25) is 0 Å². The Morgan fingerprint density at radius 1 is 0.597 bits per heavy atom. The number of Topliss-reactive ketones (excluding diaryl/α,β-unsaturated/α-hetero) is 3. The summed E-state index contributed by atoms with van der Waals surface area (Å²) in [6, 6.07) is 27.6. The molecule has 2 aromatic heterocycles. The molecule has 0 aliphatic rings. The van der Waals surface area contributed by atoms with Crippen LogP contribution >= 0.6 is 34.3 Å². The summed E-state index contributed by atoms with van der Waals surface area (Å²) >= 11 is 8.33. The van der Waals surface area contributed by atoms with Crippen molar-refractivity contribution in [1.82, 2.24) is 9.97 Å². The summed E-state index contributed by atoms with van der Waals surface area (Å²) in [5.74, 6) is -0.179. The Bertz CT molecular complexity index is 2960. The lowest BCUT2D eigenvalue weighted by molar-refractivity contribution is -0.385. The van der Waals surface area contributed by atoms with E-state index in [4.69, 9.17) is 22.6 Å². The first-order valence-electron chi connectivity index (χ1n) is 23.5. The smallest absolute Gasteiger partial charge is 0.281 e. The predicted octanol–water partition coefficient (Wildman–Crippen LogP) is 10.2. The Balaban J connectivity index is 0.000000943. The Hall–Kier alpha value is -7.15. The standard InChI is InChI=1S/C14H17NO4.C13H14N2O2S.C13H16N2S.C7H4ClNO3.C6H13NO.C2H3N.ClH/c1-14(2,3)13(17)9-8-12(16)10-6-4-5-7-11(10)15(18)19;1-13(2,3)11-8-14-12(18-11)9-6-4-5-7-10(9)15(16)17;1-13(2,3)11-8-15-12(16-11)9-6-4-5-7-10(9)14;8-7(10)5-3-1-2-4-6(5)9(11)12;1-6(2,3)5(8)4-7;1-2-3;/h4-7H,8-9H2,1-3H3;4-8H,1-3H3;4-8H,14H2,1-3H3;1-4H;4,7H2,1-3H3;1H3;1H. The van der Waals surface area contributed by atoms with Crippen molar-refractivity contribution in [2.24, 2.45) is 10.8 Å².